The number of nitrogens with one attached hydrogen (secondary N) is 1. The Morgan fingerprint density at radius 1 is 1.13 bits per heavy atom. The van der Waals surface area contributed by atoms with Crippen LogP contribution in [0.25, 0.3) is 0 Å². The maximum atomic E-state index is 12.7. The molecule has 1 saturated carbocycles. The summed E-state index contributed by atoms with van der Waals surface area (Å²) in [7, 11) is 0. The molecule has 0 atom stereocenters. The van der Waals surface area contributed by atoms with Crippen LogP contribution in [0.2, 0.25) is 0 Å². The summed E-state index contributed by atoms with van der Waals surface area (Å²) < 4.78 is 11.3. The summed E-state index contributed by atoms with van der Waals surface area (Å²) >= 11 is 0. The Morgan fingerprint density at radius 3 is 2.43 bits per heavy atom. The summed E-state index contributed by atoms with van der Waals surface area (Å²) in [5.74, 6) is 1.90. The Labute approximate surface area is 138 Å². The zero-order valence-corrected chi connectivity index (χ0v) is 14.2. The van der Waals surface area contributed by atoms with E-state index < -0.39 is 0 Å². The summed E-state index contributed by atoms with van der Waals surface area (Å²) in [6, 6.07) is 6.13. The van der Waals surface area contributed by atoms with E-state index in [-0.39, 0.29) is 17.4 Å². The second-order valence-electron chi connectivity index (χ2n) is 6.65. The number of hydrogen-bond acceptors (Lipinski definition) is 3. The summed E-state index contributed by atoms with van der Waals surface area (Å²) in [5, 5.41) is 3.38. The van der Waals surface area contributed by atoms with Gasteiger partial charge in [0.1, 0.15) is 13.2 Å². The number of amides is 1. The third-order valence-electron chi connectivity index (χ3n) is 5.27. The molecule has 4 heteroatoms. The highest BCUT2D eigenvalue weighted by Gasteiger charge is 2.38. The van der Waals surface area contributed by atoms with Crippen molar-refractivity contribution in [1.29, 1.82) is 0 Å². The van der Waals surface area contributed by atoms with Gasteiger partial charge >= 0.3 is 0 Å². The van der Waals surface area contributed by atoms with Crippen molar-refractivity contribution < 1.29 is 14.3 Å². The maximum Gasteiger partial charge on any atom is 0.223 e. The molecule has 2 aliphatic rings. The summed E-state index contributed by atoms with van der Waals surface area (Å²) in [4.78, 5) is 12.7. The van der Waals surface area contributed by atoms with Crippen molar-refractivity contribution >= 4 is 5.91 Å². The van der Waals surface area contributed by atoms with E-state index in [0.29, 0.717) is 13.2 Å². The third kappa shape index (κ3) is 3.17. The highest BCUT2D eigenvalue weighted by molar-refractivity contribution is 5.79. The van der Waals surface area contributed by atoms with Gasteiger partial charge in [-0.2, -0.15) is 0 Å². The normalized spacial score (nSPS) is 18.9. The van der Waals surface area contributed by atoms with Gasteiger partial charge in [0.2, 0.25) is 5.91 Å². The Kier molecular flexibility index (Phi) is 4.79. The largest absolute Gasteiger partial charge is 0.486 e. The van der Waals surface area contributed by atoms with Crippen molar-refractivity contribution in [3.05, 3.63) is 23.8 Å². The lowest BCUT2D eigenvalue weighted by molar-refractivity contribution is -0.127. The molecular weight excluding hydrogens is 290 g/mol. The lowest BCUT2D eigenvalue weighted by atomic mass is 9.86. The van der Waals surface area contributed by atoms with Crippen molar-refractivity contribution in [2.75, 3.05) is 13.2 Å². The summed E-state index contributed by atoms with van der Waals surface area (Å²) in [6.07, 6.45) is 6.07. The van der Waals surface area contributed by atoms with Gasteiger partial charge in [-0.1, -0.05) is 32.8 Å². The lowest BCUT2D eigenvalue weighted by Gasteiger charge is -2.33. The number of benzene rings is 1. The van der Waals surface area contributed by atoms with E-state index in [9.17, 15) is 4.79 Å². The fraction of sp³-hybridized carbons (Fsp3) is 0.632. The van der Waals surface area contributed by atoms with E-state index in [1.807, 2.05) is 6.07 Å². The van der Waals surface area contributed by atoms with Crippen LogP contribution in [0.15, 0.2) is 18.2 Å². The Bertz CT molecular complexity index is 560. The van der Waals surface area contributed by atoms with E-state index in [2.05, 4.69) is 31.3 Å². The van der Waals surface area contributed by atoms with Crippen LogP contribution in [-0.4, -0.2) is 19.1 Å². The van der Waals surface area contributed by atoms with Crippen LogP contribution < -0.4 is 14.8 Å². The smallest absolute Gasteiger partial charge is 0.223 e. The maximum absolute atomic E-state index is 12.7. The summed E-state index contributed by atoms with van der Waals surface area (Å²) in [6.45, 7) is 5.35. The first-order valence-electron chi connectivity index (χ1n) is 8.90. The fourth-order valence-electron chi connectivity index (χ4n) is 3.80. The third-order valence-corrected chi connectivity index (χ3v) is 5.27. The van der Waals surface area contributed by atoms with Gasteiger partial charge in [-0.05, 0) is 43.4 Å². The molecule has 1 N–H and O–H groups in total. The zero-order chi connectivity index (χ0) is 16.3. The van der Waals surface area contributed by atoms with Gasteiger partial charge in [0, 0.05) is 5.92 Å². The highest BCUT2D eigenvalue weighted by Crippen LogP contribution is 2.42. The molecule has 23 heavy (non-hydrogen) atoms. The zero-order valence-electron chi connectivity index (χ0n) is 14.2. The van der Waals surface area contributed by atoms with Crippen molar-refractivity contribution in [2.24, 2.45) is 5.92 Å². The number of rotatable bonds is 5. The Morgan fingerprint density at radius 2 is 1.78 bits per heavy atom. The SMILES string of the molecule is CCC(CC)C(=O)NC1(c2ccc3c(c2)OCCO3)CCCC1. The standard InChI is InChI=1S/C19H27NO3/c1-3-14(4-2)18(21)20-19(9-5-6-10-19)15-7-8-16-17(13-15)23-12-11-22-16/h7-8,13-14H,3-6,9-12H2,1-2H3,(H,20,21). The van der Waals surface area contributed by atoms with Gasteiger partial charge in [0.05, 0.1) is 5.54 Å². The minimum absolute atomic E-state index is 0.102. The van der Waals surface area contributed by atoms with Crippen LogP contribution in [-0.2, 0) is 10.3 Å². The monoisotopic (exact) mass is 317 g/mol. The number of fused-ring (bicyclic) bond motifs is 1. The molecule has 0 saturated heterocycles. The van der Waals surface area contributed by atoms with Gasteiger partial charge < -0.3 is 14.8 Å². The fourth-order valence-corrected chi connectivity index (χ4v) is 3.80. The molecule has 0 aromatic heterocycles. The lowest BCUT2D eigenvalue weighted by Crippen LogP contribution is -2.46. The van der Waals surface area contributed by atoms with E-state index in [1.54, 1.807) is 0 Å². The van der Waals surface area contributed by atoms with Gasteiger partial charge in [0.25, 0.3) is 0 Å². The first-order chi connectivity index (χ1) is 11.2. The number of ether oxygens (including phenoxy) is 2. The summed E-state index contributed by atoms with van der Waals surface area (Å²) in [5.41, 5.74) is 0.911. The molecule has 1 aliphatic carbocycles. The molecule has 0 spiro atoms. The van der Waals surface area contributed by atoms with Crippen LogP contribution in [0, 0.1) is 5.92 Å². The topological polar surface area (TPSA) is 47.6 Å². The number of carbonyl (C=O) groups is 1. The molecule has 1 aromatic rings. The Balaban J connectivity index is 1.87. The molecule has 0 unspecified atom stereocenters. The van der Waals surface area contributed by atoms with Crippen molar-refractivity contribution in [3.8, 4) is 11.5 Å². The molecule has 4 nitrogen and oxygen atoms in total. The van der Waals surface area contributed by atoms with Crippen LogP contribution in [0.1, 0.15) is 57.9 Å². The molecule has 1 aromatic carbocycles. The average molecular weight is 317 g/mol. The van der Waals surface area contributed by atoms with Gasteiger partial charge in [-0.25, -0.2) is 0 Å². The van der Waals surface area contributed by atoms with Crippen LogP contribution in [0.3, 0.4) is 0 Å². The second kappa shape index (κ2) is 6.81. The van der Waals surface area contributed by atoms with E-state index in [4.69, 9.17) is 9.47 Å². The molecular formula is C19H27NO3. The Hall–Kier alpha value is -1.71. The molecule has 1 aliphatic heterocycles. The van der Waals surface area contributed by atoms with Crippen LogP contribution >= 0.6 is 0 Å². The molecule has 126 valence electrons. The van der Waals surface area contributed by atoms with Crippen molar-refractivity contribution in [3.63, 3.8) is 0 Å². The number of hydrogen-bond donors (Lipinski definition) is 1. The molecule has 0 bridgehead atoms. The van der Waals surface area contributed by atoms with Crippen molar-refractivity contribution in [2.45, 2.75) is 57.9 Å². The highest BCUT2D eigenvalue weighted by atomic mass is 16.6. The van der Waals surface area contributed by atoms with Crippen molar-refractivity contribution in [1.82, 2.24) is 5.32 Å². The molecule has 0 radical (unpaired) electrons. The minimum atomic E-state index is -0.241. The average Bonchev–Trinajstić information content (AvgIpc) is 3.05. The van der Waals surface area contributed by atoms with Gasteiger partial charge in [-0.3, -0.25) is 4.79 Å². The predicted molar refractivity (Wildman–Crippen MR) is 89.8 cm³/mol. The quantitative estimate of drug-likeness (QED) is 0.899. The first-order valence-corrected chi connectivity index (χ1v) is 8.90. The first kappa shape index (κ1) is 16.2. The van der Waals surface area contributed by atoms with E-state index >= 15 is 0 Å². The van der Waals surface area contributed by atoms with E-state index in [0.717, 1.165) is 55.6 Å². The van der Waals surface area contributed by atoms with E-state index in [1.165, 1.54) is 0 Å². The minimum Gasteiger partial charge on any atom is -0.486 e. The predicted octanol–water partition coefficient (Wildman–Crippen LogP) is 3.78. The van der Waals surface area contributed by atoms with Gasteiger partial charge in [0.15, 0.2) is 11.5 Å². The molecule has 1 amide bonds. The van der Waals surface area contributed by atoms with Gasteiger partial charge in [-0.15, -0.1) is 0 Å². The molecule has 3 rings (SSSR count). The van der Waals surface area contributed by atoms with Crippen LogP contribution in [0.5, 0.6) is 11.5 Å². The number of carbonyl (C=O) groups excluding carboxylic acids is 1. The molecule has 1 fully saturated rings. The second-order valence-corrected chi connectivity index (χ2v) is 6.65. The molecule has 1 heterocycles. The van der Waals surface area contributed by atoms with Crippen LogP contribution in [0.4, 0.5) is 0 Å².